The SMILES string of the molecule is CN(CCC#N)C(=O)CSc1ncnn1C. The first-order valence-corrected chi connectivity index (χ1v) is 5.71. The molecule has 0 spiro atoms. The van der Waals surface area contributed by atoms with Crippen molar-refractivity contribution in [1.82, 2.24) is 19.7 Å². The van der Waals surface area contributed by atoms with Crippen molar-refractivity contribution in [3.05, 3.63) is 6.33 Å². The fraction of sp³-hybridized carbons (Fsp3) is 0.556. The van der Waals surface area contributed by atoms with Gasteiger partial charge in [0.25, 0.3) is 0 Å². The molecule has 0 bridgehead atoms. The normalized spacial score (nSPS) is 9.81. The van der Waals surface area contributed by atoms with E-state index in [2.05, 4.69) is 10.1 Å². The standard InChI is InChI=1S/C9H13N5OS/c1-13(5-3-4-10)8(15)6-16-9-11-7-12-14(9)2/h7H,3,5-6H2,1-2H3. The van der Waals surface area contributed by atoms with Crippen molar-refractivity contribution in [3.8, 4) is 6.07 Å². The maximum atomic E-state index is 11.6. The molecular weight excluding hydrogens is 226 g/mol. The number of aryl methyl sites for hydroxylation is 1. The van der Waals surface area contributed by atoms with Gasteiger partial charge in [0.15, 0.2) is 5.16 Å². The molecule has 0 saturated heterocycles. The van der Waals surface area contributed by atoms with Crippen molar-refractivity contribution in [2.45, 2.75) is 11.6 Å². The number of nitrogens with zero attached hydrogens (tertiary/aromatic N) is 5. The summed E-state index contributed by atoms with van der Waals surface area (Å²) in [5, 5.41) is 13.0. The molecule has 0 fully saturated rings. The summed E-state index contributed by atoms with van der Waals surface area (Å²) in [7, 11) is 3.47. The molecule has 6 nitrogen and oxygen atoms in total. The van der Waals surface area contributed by atoms with Crippen LogP contribution in [0.2, 0.25) is 0 Å². The Morgan fingerprint density at radius 2 is 2.50 bits per heavy atom. The monoisotopic (exact) mass is 239 g/mol. The third-order valence-corrected chi connectivity index (χ3v) is 3.00. The molecule has 1 aromatic heterocycles. The lowest BCUT2D eigenvalue weighted by molar-refractivity contribution is -0.127. The van der Waals surface area contributed by atoms with E-state index < -0.39 is 0 Å². The maximum absolute atomic E-state index is 11.6. The quantitative estimate of drug-likeness (QED) is 0.690. The molecule has 0 aliphatic carbocycles. The van der Waals surface area contributed by atoms with Gasteiger partial charge in [-0.05, 0) is 0 Å². The van der Waals surface area contributed by atoms with E-state index >= 15 is 0 Å². The molecule has 0 radical (unpaired) electrons. The van der Waals surface area contributed by atoms with Crippen molar-refractivity contribution in [1.29, 1.82) is 5.26 Å². The van der Waals surface area contributed by atoms with Crippen molar-refractivity contribution >= 4 is 17.7 Å². The molecule has 16 heavy (non-hydrogen) atoms. The van der Waals surface area contributed by atoms with Gasteiger partial charge in [0.05, 0.1) is 18.2 Å². The van der Waals surface area contributed by atoms with E-state index in [9.17, 15) is 4.79 Å². The van der Waals surface area contributed by atoms with Gasteiger partial charge < -0.3 is 4.90 Å². The summed E-state index contributed by atoms with van der Waals surface area (Å²) in [5.74, 6) is 0.303. The number of carbonyl (C=O) groups is 1. The molecule has 0 unspecified atom stereocenters. The first-order valence-electron chi connectivity index (χ1n) is 4.73. The third kappa shape index (κ3) is 3.55. The minimum Gasteiger partial charge on any atom is -0.344 e. The topological polar surface area (TPSA) is 74.8 Å². The van der Waals surface area contributed by atoms with Crippen molar-refractivity contribution in [3.63, 3.8) is 0 Å². The Morgan fingerprint density at radius 1 is 1.75 bits per heavy atom. The van der Waals surface area contributed by atoms with Crippen LogP contribution in [0.1, 0.15) is 6.42 Å². The van der Waals surface area contributed by atoms with E-state index in [4.69, 9.17) is 5.26 Å². The zero-order valence-electron chi connectivity index (χ0n) is 9.25. The van der Waals surface area contributed by atoms with Crippen LogP contribution in [0, 0.1) is 11.3 Å². The number of amides is 1. The Kier molecular flexibility index (Phi) is 4.79. The number of rotatable bonds is 5. The highest BCUT2D eigenvalue weighted by molar-refractivity contribution is 7.99. The Labute approximate surface area is 98.2 Å². The van der Waals surface area contributed by atoms with Gasteiger partial charge in [-0.2, -0.15) is 10.4 Å². The minimum atomic E-state index is -0.0109. The summed E-state index contributed by atoms with van der Waals surface area (Å²) in [6.07, 6.45) is 1.81. The van der Waals surface area contributed by atoms with Crippen LogP contribution in [-0.4, -0.2) is 44.9 Å². The largest absolute Gasteiger partial charge is 0.344 e. The van der Waals surface area contributed by atoms with Crippen LogP contribution >= 0.6 is 11.8 Å². The zero-order chi connectivity index (χ0) is 12.0. The summed E-state index contributed by atoms with van der Waals surface area (Å²) < 4.78 is 1.62. The van der Waals surface area contributed by atoms with Gasteiger partial charge in [0.1, 0.15) is 6.33 Å². The van der Waals surface area contributed by atoms with Gasteiger partial charge in [0, 0.05) is 20.6 Å². The van der Waals surface area contributed by atoms with Crippen LogP contribution in [0.4, 0.5) is 0 Å². The number of hydrogen-bond donors (Lipinski definition) is 0. The summed E-state index contributed by atoms with van der Waals surface area (Å²) in [6, 6.07) is 2.01. The van der Waals surface area contributed by atoms with E-state index in [0.29, 0.717) is 23.9 Å². The number of hydrogen-bond acceptors (Lipinski definition) is 5. The van der Waals surface area contributed by atoms with Crippen molar-refractivity contribution in [2.24, 2.45) is 7.05 Å². The molecule has 1 rings (SSSR count). The van der Waals surface area contributed by atoms with Gasteiger partial charge in [-0.1, -0.05) is 11.8 Å². The average Bonchev–Trinajstić information content (AvgIpc) is 2.68. The lowest BCUT2D eigenvalue weighted by Gasteiger charge is -2.14. The predicted octanol–water partition coefficient (Wildman–Crippen LogP) is 0.279. The van der Waals surface area contributed by atoms with Crippen LogP contribution in [0.15, 0.2) is 11.5 Å². The van der Waals surface area contributed by atoms with Gasteiger partial charge in [-0.25, -0.2) is 9.67 Å². The van der Waals surface area contributed by atoms with Crippen LogP contribution in [0.5, 0.6) is 0 Å². The smallest absolute Gasteiger partial charge is 0.232 e. The first kappa shape index (κ1) is 12.5. The molecular formula is C9H13N5OS. The Bertz CT molecular complexity index is 397. The molecule has 0 atom stereocenters. The highest BCUT2D eigenvalue weighted by Crippen LogP contribution is 2.13. The van der Waals surface area contributed by atoms with Crippen LogP contribution in [0.3, 0.4) is 0 Å². The van der Waals surface area contributed by atoms with Crippen LogP contribution in [-0.2, 0) is 11.8 Å². The molecule has 86 valence electrons. The second-order valence-electron chi connectivity index (χ2n) is 3.18. The lowest BCUT2D eigenvalue weighted by atomic mass is 10.4. The fourth-order valence-electron chi connectivity index (χ4n) is 0.995. The summed E-state index contributed by atoms with van der Waals surface area (Å²) >= 11 is 1.34. The van der Waals surface area contributed by atoms with Gasteiger partial charge in [-0.3, -0.25) is 4.79 Å². The summed E-state index contributed by atoms with van der Waals surface area (Å²) in [4.78, 5) is 17.1. The number of carbonyl (C=O) groups excluding carboxylic acids is 1. The van der Waals surface area contributed by atoms with E-state index in [1.165, 1.54) is 18.1 Å². The van der Waals surface area contributed by atoms with Gasteiger partial charge in [-0.15, -0.1) is 0 Å². The Morgan fingerprint density at radius 3 is 3.06 bits per heavy atom. The average molecular weight is 239 g/mol. The Hall–Kier alpha value is -1.55. The highest BCUT2D eigenvalue weighted by atomic mass is 32.2. The molecule has 0 N–H and O–H groups in total. The number of nitriles is 1. The number of thioether (sulfide) groups is 1. The fourth-order valence-corrected chi connectivity index (χ4v) is 1.82. The molecule has 0 aromatic carbocycles. The minimum absolute atomic E-state index is 0.0109. The first-order chi connectivity index (χ1) is 7.65. The molecule has 0 aliphatic heterocycles. The second-order valence-corrected chi connectivity index (χ2v) is 4.12. The maximum Gasteiger partial charge on any atom is 0.232 e. The highest BCUT2D eigenvalue weighted by Gasteiger charge is 2.10. The molecule has 1 amide bonds. The number of aromatic nitrogens is 3. The molecule has 1 aromatic rings. The van der Waals surface area contributed by atoms with Crippen molar-refractivity contribution < 1.29 is 4.79 Å². The molecule has 0 saturated carbocycles. The van der Waals surface area contributed by atoms with Gasteiger partial charge >= 0.3 is 0 Å². The van der Waals surface area contributed by atoms with E-state index in [-0.39, 0.29) is 5.91 Å². The Balaban J connectivity index is 2.36. The van der Waals surface area contributed by atoms with E-state index in [0.717, 1.165) is 0 Å². The zero-order valence-corrected chi connectivity index (χ0v) is 10.1. The molecule has 0 aliphatic rings. The van der Waals surface area contributed by atoms with E-state index in [1.54, 1.807) is 23.7 Å². The van der Waals surface area contributed by atoms with Crippen LogP contribution < -0.4 is 0 Å². The van der Waals surface area contributed by atoms with Crippen LogP contribution in [0.25, 0.3) is 0 Å². The van der Waals surface area contributed by atoms with E-state index in [1.807, 2.05) is 6.07 Å². The predicted molar refractivity (Wildman–Crippen MR) is 59.6 cm³/mol. The summed E-state index contributed by atoms with van der Waals surface area (Å²) in [6.45, 7) is 0.467. The summed E-state index contributed by atoms with van der Waals surface area (Å²) in [5.41, 5.74) is 0. The third-order valence-electron chi connectivity index (χ3n) is 1.98. The lowest BCUT2D eigenvalue weighted by Crippen LogP contribution is -2.29. The van der Waals surface area contributed by atoms with Gasteiger partial charge in [0.2, 0.25) is 5.91 Å². The van der Waals surface area contributed by atoms with Crippen molar-refractivity contribution in [2.75, 3.05) is 19.3 Å². The molecule has 7 heteroatoms. The second kappa shape index (κ2) is 6.12. The molecule has 1 heterocycles.